The van der Waals surface area contributed by atoms with Crippen LogP contribution in [-0.4, -0.2) is 32.4 Å². The standard InChI is InChI=1S/C18H19N3O2/c1-13-16(12-14-6-4-3-5-7-14)18(2,23)21(20-13)17(22)15-8-10-19-11-9-15/h3-11,16,23H,12H2,1-2H3. The van der Waals surface area contributed by atoms with Crippen molar-refractivity contribution >= 4 is 11.6 Å². The molecule has 1 aromatic carbocycles. The van der Waals surface area contributed by atoms with Crippen LogP contribution in [-0.2, 0) is 6.42 Å². The van der Waals surface area contributed by atoms with E-state index in [1.165, 1.54) is 5.01 Å². The summed E-state index contributed by atoms with van der Waals surface area (Å²) in [5, 5.41) is 16.5. The second-order valence-corrected chi connectivity index (χ2v) is 5.93. The fourth-order valence-corrected chi connectivity index (χ4v) is 2.93. The van der Waals surface area contributed by atoms with E-state index >= 15 is 0 Å². The van der Waals surface area contributed by atoms with Crippen molar-refractivity contribution in [2.75, 3.05) is 0 Å². The molecule has 5 heteroatoms. The Morgan fingerprint density at radius 1 is 1.22 bits per heavy atom. The molecule has 5 nitrogen and oxygen atoms in total. The Hall–Kier alpha value is -2.53. The first-order valence-electron chi connectivity index (χ1n) is 7.56. The summed E-state index contributed by atoms with van der Waals surface area (Å²) in [6, 6.07) is 13.1. The minimum Gasteiger partial charge on any atom is -0.369 e. The maximum absolute atomic E-state index is 12.6. The number of rotatable bonds is 3. The van der Waals surface area contributed by atoms with E-state index in [0.29, 0.717) is 12.0 Å². The number of nitrogens with zero attached hydrogens (tertiary/aromatic N) is 3. The van der Waals surface area contributed by atoms with Gasteiger partial charge in [-0.15, -0.1) is 0 Å². The third-order valence-corrected chi connectivity index (χ3v) is 4.25. The summed E-state index contributed by atoms with van der Waals surface area (Å²) < 4.78 is 0. The third-order valence-electron chi connectivity index (χ3n) is 4.25. The molecule has 0 spiro atoms. The number of hydrogen-bond acceptors (Lipinski definition) is 4. The van der Waals surface area contributed by atoms with Gasteiger partial charge in [0.1, 0.15) is 0 Å². The maximum Gasteiger partial charge on any atom is 0.276 e. The molecule has 2 atom stereocenters. The predicted octanol–water partition coefficient (Wildman–Crippen LogP) is 2.48. The minimum atomic E-state index is -1.36. The van der Waals surface area contributed by atoms with Crippen LogP contribution in [0, 0.1) is 5.92 Å². The van der Waals surface area contributed by atoms with Crippen LogP contribution in [0.4, 0.5) is 0 Å². The molecule has 3 rings (SSSR count). The van der Waals surface area contributed by atoms with E-state index in [9.17, 15) is 9.90 Å². The van der Waals surface area contributed by atoms with Gasteiger partial charge in [0.15, 0.2) is 5.72 Å². The molecule has 118 valence electrons. The Morgan fingerprint density at radius 3 is 2.52 bits per heavy atom. The molecule has 0 radical (unpaired) electrons. The van der Waals surface area contributed by atoms with Crippen LogP contribution < -0.4 is 0 Å². The van der Waals surface area contributed by atoms with Gasteiger partial charge >= 0.3 is 0 Å². The number of aliphatic hydroxyl groups is 1. The van der Waals surface area contributed by atoms with Crippen LogP contribution >= 0.6 is 0 Å². The van der Waals surface area contributed by atoms with Crippen LogP contribution in [0.1, 0.15) is 29.8 Å². The topological polar surface area (TPSA) is 65.8 Å². The average molecular weight is 309 g/mol. The first-order valence-corrected chi connectivity index (χ1v) is 7.56. The number of benzene rings is 1. The zero-order valence-corrected chi connectivity index (χ0v) is 13.2. The van der Waals surface area contributed by atoms with Crippen molar-refractivity contribution in [3.63, 3.8) is 0 Å². The van der Waals surface area contributed by atoms with Crippen molar-refractivity contribution in [1.29, 1.82) is 0 Å². The summed E-state index contributed by atoms with van der Waals surface area (Å²) in [4.78, 5) is 16.5. The molecule has 1 aromatic heterocycles. The number of hydrazone groups is 1. The molecule has 1 N–H and O–H groups in total. The Kier molecular flexibility index (Phi) is 3.96. The molecule has 0 bridgehead atoms. The molecule has 2 unspecified atom stereocenters. The summed E-state index contributed by atoms with van der Waals surface area (Å²) in [5.74, 6) is -0.567. The maximum atomic E-state index is 12.6. The summed E-state index contributed by atoms with van der Waals surface area (Å²) >= 11 is 0. The van der Waals surface area contributed by atoms with Gasteiger partial charge in [0.25, 0.3) is 5.91 Å². The van der Waals surface area contributed by atoms with E-state index in [1.54, 1.807) is 31.5 Å². The molecule has 1 aliphatic heterocycles. The minimum absolute atomic E-state index is 0.240. The van der Waals surface area contributed by atoms with Crippen molar-refractivity contribution in [3.05, 3.63) is 66.0 Å². The molecule has 0 aliphatic carbocycles. The highest BCUT2D eigenvalue weighted by Crippen LogP contribution is 2.34. The largest absolute Gasteiger partial charge is 0.369 e. The number of carbonyl (C=O) groups excluding carboxylic acids is 1. The van der Waals surface area contributed by atoms with Crippen LogP contribution in [0.15, 0.2) is 60.0 Å². The second-order valence-electron chi connectivity index (χ2n) is 5.93. The highest BCUT2D eigenvalue weighted by molar-refractivity contribution is 5.98. The fourth-order valence-electron chi connectivity index (χ4n) is 2.93. The SMILES string of the molecule is CC1=NN(C(=O)c2ccncc2)C(C)(O)C1Cc1ccccc1. The third kappa shape index (κ3) is 2.87. The number of amides is 1. The van der Waals surface area contributed by atoms with Gasteiger partial charge < -0.3 is 5.11 Å². The number of pyridine rings is 1. The van der Waals surface area contributed by atoms with Crippen LogP contribution in [0.5, 0.6) is 0 Å². The lowest BCUT2D eigenvalue weighted by molar-refractivity contribution is -0.0824. The molecular weight excluding hydrogens is 290 g/mol. The van der Waals surface area contributed by atoms with E-state index in [0.717, 1.165) is 11.3 Å². The summed E-state index contributed by atoms with van der Waals surface area (Å²) in [6.45, 7) is 3.49. The van der Waals surface area contributed by atoms with E-state index < -0.39 is 5.72 Å². The van der Waals surface area contributed by atoms with Crippen LogP contribution in [0.25, 0.3) is 0 Å². The molecule has 2 heterocycles. The Bertz CT molecular complexity index is 726. The van der Waals surface area contributed by atoms with E-state index in [1.807, 2.05) is 37.3 Å². The average Bonchev–Trinajstić information content (AvgIpc) is 2.79. The summed E-state index contributed by atoms with van der Waals surface area (Å²) in [7, 11) is 0. The molecule has 0 fully saturated rings. The molecule has 0 saturated heterocycles. The first-order chi connectivity index (χ1) is 11.0. The zero-order chi connectivity index (χ0) is 16.4. The summed E-state index contributed by atoms with van der Waals surface area (Å²) in [5.41, 5.74) is 0.948. The molecular formula is C18H19N3O2. The number of hydrogen-bond donors (Lipinski definition) is 1. The van der Waals surface area contributed by atoms with Gasteiger partial charge in [0.05, 0.1) is 5.92 Å². The Morgan fingerprint density at radius 2 is 1.87 bits per heavy atom. The monoisotopic (exact) mass is 309 g/mol. The van der Waals surface area contributed by atoms with E-state index in [4.69, 9.17) is 0 Å². The van der Waals surface area contributed by atoms with Crippen LogP contribution in [0.2, 0.25) is 0 Å². The summed E-state index contributed by atoms with van der Waals surface area (Å²) in [6.07, 6.45) is 3.73. The van der Waals surface area contributed by atoms with Gasteiger partial charge in [-0.2, -0.15) is 10.1 Å². The van der Waals surface area contributed by atoms with Gasteiger partial charge in [0, 0.05) is 23.7 Å². The van der Waals surface area contributed by atoms with Crippen LogP contribution in [0.3, 0.4) is 0 Å². The predicted molar refractivity (Wildman–Crippen MR) is 87.8 cm³/mol. The highest BCUT2D eigenvalue weighted by atomic mass is 16.3. The Labute approximate surface area is 135 Å². The van der Waals surface area contributed by atoms with Gasteiger partial charge in [-0.3, -0.25) is 9.78 Å². The van der Waals surface area contributed by atoms with Crippen molar-refractivity contribution in [2.24, 2.45) is 11.0 Å². The van der Waals surface area contributed by atoms with Crippen molar-refractivity contribution in [1.82, 2.24) is 9.99 Å². The van der Waals surface area contributed by atoms with Gasteiger partial charge in [-0.25, -0.2) is 0 Å². The second kappa shape index (κ2) is 5.93. The molecule has 1 aliphatic rings. The fraction of sp³-hybridized carbons (Fsp3) is 0.278. The van der Waals surface area contributed by atoms with Gasteiger partial charge in [-0.1, -0.05) is 30.3 Å². The highest BCUT2D eigenvalue weighted by Gasteiger charge is 2.47. The molecule has 23 heavy (non-hydrogen) atoms. The molecule has 1 amide bonds. The number of aromatic nitrogens is 1. The quantitative estimate of drug-likeness (QED) is 0.947. The lowest BCUT2D eigenvalue weighted by Crippen LogP contribution is -2.49. The normalized spacial score (nSPS) is 23.7. The molecule has 0 saturated carbocycles. The number of carbonyl (C=O) groups is 1. The van der Waals surface area contributed by atoms with Crippen molar-refractivity contribution < 1.29 is 9.90 Å². The molecule has 2 aromatic rings. The Balaban J connectivity index is 1.86. The smallest absolute Gasteiger partial charge is 0.276 e. The first kappa shape index (κ1) is 15.4. The van der Waals surface area contributed by atoms with Crippen molar-refractivity contribution in [3.8, 4) is 0 Å². The zero-order valence-electron chi connectivity index (χ0n) is 13.2. The van der Waals surface area contributed by atoms with E-state index in [-0.39, 0.29) is 11.8 Å². The lowest BCUT2D eigenvalue weighted by atomic mass is 9.87. The van der Waals surface area contributed by atoms with Crippen molar-refractivity contribution in [2.45, 2.75) is 26.0 Å². The lowest BCUT2D eigenvalue weighted by Gasteiger charge is -2.32. The van der Waals surface area contributed by atoms with Gasteiger partial charge in [-0.05, 0) is 38.0 Å². The van der Waals surface area contributed by atoms with E-state index in [2.05, 4.69) is 10.1 Å². The van der Waals surface area contributed by atoms with Gasteiger partial charge in [0.2, 0.25) is 0 Å².